The number of hydrogen-bond acceptors (Lipinski definition) is 5. The van der Waals surface area contributed by atoms with E-state index in [1.807, 2.05) is 0 Å². The molecule has 1 saturated carbocycles. The third-order valence-corrected chi connectivity index (χ3v) is 5.71. The summed E-state index contributed by atoms with van der Waals surface area (Å²) in [5, 5.41) is 11.1. The zero-order chi connectivity index (χ0) is 15.6. The summed E-state index contributed by atoms with van der Waals surface area (Å²) in [6.07, 6.45) is 2.47. The molecule has 0 aromatic heterocycles. The lowest BCUT2D eigenvalue weighted by Gasteiger charge is -2.19. The Bertz CT molecular complexity index is 650. The van der Waals surface area contributed by atoms with Gasteiger partial charge in [0, 0.05) is 16.6 Å². The zero-order valence-corrected chi connectivity index (χ0v) is 13.6. The van der Waals surface area contributed by atoms with E-state index >= 15 is 0 Å². The number of nitrogens with one attached hydrogen (secondary N) is 1. The van der Waals surface area contributed by atoms with Crippen molar-refractivity contribution in [1.82, 2.24) is 4.72 Å². The fourth-order valence-electron chi connectivity index (χ4n) is 2.60. The molecule has 9 heteroatoms. The van der Waals surface area contributed by atoms with Crippen LogP contribution in [0, 0.1) is 16.0 Å². The molecule has 1 aromatic rings. The Kier molecular flexibility index (Phi) is 4.97. The molecule has 0 bridgehead atoms. The number of nitrogens with zero attached hydrogens (tertiary/aromatic N) is 1. The van der Waals surface area contributed by atoms with E-state index in [0.29, 0.717) is 17.4 Å². The van der Waals surface area contributed by atoms with E-state index in [9.17, 15) is 18.5 Å². The monoisotopic (exact) mass is 377 g/mol. The number of nitro groups is 1. The molecule has 0 amide bonds. The van der Waals surface area contributed by atoms with Gasteiger partial charge in [-0.3, -0.25) is 10.1 Å². The standard InChI is InChI=1S/C12H16BrN3O4S/c13-9-4-5-12(11(6-9)16(17)18)21(19,20)15-10-3-1-2-8(10)7-14/h4-6,8,10,15H,1-3,7,14H2. The molecule has 0 spiro atoms. The quantitative estimate of drug-likeness (QED) is 0.598. The Morgan fingerprint density at radius 1 is 1.43 bits per heavy atom. The molecule has 0 heterocycles. The second kappa shape index (κ2) is 6.39. The van der Waals surface area contributed by atoms with Crippen LogP contribution in [0.25, 0.3) is 0 Å². The van der Waals surface area contributed by atoms with Gasteiger partial charge in [-0.05, 0) is 37.4 Å². The van der Waals surface area contributed by atoms with Gasteiger partial charge >= 0.3 is 0 Å². The summed E-state index contributed by atoms with van der Waals surface area (Å²) in [4.78, 5) is 10.0. The highest BCUT2D eigenvalue weighted by molar-refractivity contribution is 9.10. The van der Waals surface area contributed by atoms with Gasteiger partial charge in [0.1, 0.15) is 0 Å². The third-order valence-electron chi connectivity index (χ3n) is 3.68. The van der Waals surface area contributed by atoms with Crippen LogP contribution in [0.4, 0.5) is 5.69 Å². The lowest BCUT2D eigenvalue weighted by Crippen LogP contribution is -2.39. The Labute approximate surface area is 131 Å². The highest BCUT2D eigenvalue weighted by atomic mass is 79.9. The van der Waals surface area contributed by atoms with Gasteiger partial charge in [-0.25, -0.2) is 13.1 Å². The van der Waals surface area contributed by atoms with E-state index in [2.05, 4.69) is 20.7 Å². The van der Waals surface area contributed by atoms with Crippen LogP contribution in [0.1, 0.15) is 19.3 Å². The normalized spacial score (nSPS) is 22.4. The van der Waals surface area contributed by atoms with Crippen molar-refractivity contribution in [2.24, 2.45) is 11.7 Å². The fraction of sp³-hybridized carbons (Fsp3) is 0.500. The minimum absolute atomic E-state index is 0.0780. The highest BCUT2D eigenvalue weighted by Gasteiger charge is 2.33. The summed E-state index contributed by atoms with van der Waals surface area (Å²) in [6, 6.07) is 3.63. The summed E-state index contributed by atoms with van der Waals surface area (Å²) >= 11 is 3.10. The van der Waals surface area contributed by atoms with Crippen molar-refractivity contribution in [2.75, 3.05) is 6.54 Å². The molecule has 0 aliphatic heterocycles. The average Bonchev–Trinajstić information content (AvgIpc) is 2.84. The number of nitrogens with two attached hydrogens (primary N) is 1. The molecule has 1 aliphatic rings. The van der Waals surface area contributed by atoms with Gasteiger partial charge in [0.15, 0.2) is 4.90 Å². The molecule has 2 unspecified atom stereocenters. The van der Waals surface area contributed by atoms with Crippen molar-refractivity contribution >= 4 is 31.6 Å². The van der Waals surface area contributed by atoms with Crippen molar-refractivity contribution in [3.8, 4) is 0 Å². The molecule has 0 radical (unpaired) electrons. The maximum absolute atomic E-state index is 12.4. The van der Waals surface area contributed by atoms with Crippen LogP contribution >= 0.6 is 15.9 Å². The number of rotatable bonds is 5. The lowest BCUT2D eigenvalue weighted by molar-refractivity contribution is -0.387. The van der Waals surface area contributed by atoms with Crippen LogP contribution in [-0.4, -0.2) is 25.9 Å². The van der Waals surface area contributed by atoms with Crippen molar-refractivity contribution in [3.05, 3.63) is 32.8 Å². The molecule has 2 rings (SSSR count). The van der Waals surface area contributed by atoms with E-state index in [4.69, 9.17) is 5.73 Å². The van der Waals surface area contributed by atoms with Gasteiger partial charge in [0.05, 0.1) is 4.92 Å². The summed E-state index contributed by atoms with van der Waals surface area (Å²) in [6.45, 7) is 0.398. The van der Waals surface area contributed by atoms with Crippen molar-refractivity contribution < 1.29 is 13.3 Å². The maximum atomic E-state index is 12.4. The molecule has 3 N–H and O–H groups in total. The van der Waals surface area contributed by atoms with Gasteiger partial charge in [0.25, 0.3) is 5.69 Å². The molecule has 2 atom stereocenters. The van der Waals surface area contributed by atoms with Crippen LogP contribution in [0.3, 0.4) is 0 Å². The molecular formula is C12H16BrN3O4S. The minimum atomic E-state index is -3.95. The number of nitro benzene ring substituents is 1. The van der Waals surface area contributed by atoms with Gasteiger partial charge in [0.2, 0.25) is 10.0 Å². The highest BCUT2D eigenvalue weighted by Crippen LogP contribution is 2.30. The summed E-state index contributed by atoms with van der Waals surface area (Å²) in [5.74, 6) is 0.0780. The van der Waals surface area contributed by atoms with E-state index in [0.717, 1.165) is 12.8 Å². The first-order valence-electron chi connectivity index (χ1n) is 6.51. The third kappa shape index (κ3) is 3.60. The predicted molar refractivity (Wildman–Crippen MR) is 81.3 cm³/mol. The van der Waals surface area contributed by atoms with Crippen LogP contribution < -0.4 is 10.5 Å². The first-order chi connectivity index (χ1) is 9.85. The smallest absolute Gasteiger partial charge is 0.290 e. The van der Waals surface area contributed by atoms with Crippen LogP contribution in [0.5, 0.6) is 0 Å². The first-order valence-corrected chi connectivity index (χ1v) is 8.79. The van der Waals surface area contributed by atoms with Crippen molar-refractivity contribution in [3.63, 3.8) is 0 Å². The van der Waals surface area contributed by atoms with Crippen LogP contribution in [0.15, 0.2) is 27.6 Å². The molecule has 0 saturated heterocycles. The van der Waals surface area contributed by atoms with E-state index in [-0.39, 0.29) is 16.9 Å². The number of halogens is 1. The van der Waals surface area contributed by atoms with Gasteiger partial charge < -0.3 is 5.73 Å². The summed E-state index contributed by atoms with van der Waals surface area (Å²) < 4.78 is 27.8. The second-order valence-corrected chi connectivity index (χ2v) is 7.62. The molecule has 21 heavy (non-hydrogen) atoms. The van der Waals surface area contributed by atoms with Gasteiger partial charge in [-0.15, -0.1) is 0 Å². The Hall–Kier alpha value is -1.03. The van der Waals surface area contributed by atoms with Crippen LogP contribution in [0.2, 0.25) is 0 Å². The Morgan fingerprint density at radius 2 is 2.14 bits per heavy atom. The van der Waals surface area contributed by atoms with Gasteiger partial charge in [-0.1, -0.05) is 22.4 Å². The van der Waals surface area contributed by atoms with E-state index in [1.165, 1.54) is 18.2 Å². The Morgan fingerprint density at radius 3 is 2.76 bits per heavy atom. The lowest BCUT2D eigenvalue weighted by atomic mass is 10.1. The van der Waals surface area contributed by atoms with Crippen molar-refractivity contribution in [1.29, 1.82) is 0 Å². The van der Waals surface area contributed by atoms with Crippen LogP contribution in [-0.2, 0) is 10.0 Å². The fourth-order valence-corrected chi connectivity index (χ4v) is 4.44. The summed E-state index contributed by atoms with van der Waals surface area (Å²) in [7, 11) is -3.95. The predicted octanol–water partition coefficient (Wildman–Crippen LogP) is 1.76. The zero-order valence-electron chi connectivity index (χ0n) is 11.2. The molecule has 7 nitrogen and oxygen atoms in total. The number of benzene rings is 1. The molecular weight excluding hydrogens is 362 g/mol. The van der Waals surface area contributed by atoms with Gasteiger partial charge in [-0.2, -0.15) is 0 Å². The van der Waals surface area contributed by atoms with E-state index in [1.54, 1.807) is 0 Å². The minimum Gasteiger partial charge on any atom is -0.330 e. The molecule has 1 aliphatic carbocycles. The second-order valence-electron chi connectivity index (χ2n) is 5.02. The molecule has 116 valence electrons. The van der Waals surface area contributed by atoms with E-state index < -0.39 is 20.6 Å². The van der Waals surface area contributed by atoms with Crippen molar-refractivity contribution in [2.45, 2.75) is 30.2 Å². The number of hydrogen-bond donors (Lipinski definition) is 2. The number of sulfonamides is 1. The average molecular weight is 378 g/mol. The first kappa shape index (κ1) is 16.3. The maximum Gasteiger partial charge on any atom is 0.290 e. The largest absolute Gasteiger partial charge is 0.330 e. The Balaban J connectivity index is 2.34. The SMILES string of the molecule is NCC1CCCC1NS(=O)(=O)c1ccc(Br)cc1[N+](=O)[O-]. The summed E-state index contributed by atoms with van der Waals surface area (Å²) in [5.41, 5.74) is 5.19. The molecule has 1 aromatic carbocycles. The molecule has 1 fully saturated rings. The topological polar surface area (TPSA) is 115 Å².